The largest absolute Gasteiger partial charge is 0.358 e. The molecule has 0 saturated carbocycles. The van der Waals surface area contributed by atoms with Gasteiger partial charge in [-0.2, -0.15) is 8.42 Å². The van der Waals surface area contributed by atoms with Gasteiger partial charge < -0.3 is 0 Å². The van der Waals surface area contributed by atoms with Crippen molar-refractivity contribution < 1.29 is 12.6 Å². The lowest BCUT2D eigenvalue weighted by Crippen LogP contribution is -1.99. The summed E-state index contributed by atoms with van der Waals surface area (Å²) < 4.78 is 27.0. The molecular formula is C3H5N3O3S. The second kappa shape index (κ2) is 3.89. The van der Waals surface area contributed by atoms with E-state index in [2.05, 4.69) is 15.3 Å². The minimum atomic E-state index is -4.06. The van der Waals surface area contributed by atoms with E-state index in [9.17, 15) is 8.42 Å². The molecule has 0 rings (SSSR count). The zero-order valence-corrected chi connectivity index (χ0v) is 5.78. The third-order valence-electron chi connectivity index (χ3n) is 0.471. The molecule has 0 heterocycles. The Labute approximate surface area is 58.0 Å². The Morgan fingerprint density at radius 3 is 2.80 bits per heavy atom. The van der Waals surface area contributed by atoms with Crippen LogP contribution in [0.2, 0.25) is 0 Å². The van der Waals surface area contributed by atoms with E-state index < -0.39 is 10.3 Å². The minimum Gasteiger partial charge on any atom is -0.260 e. The summed E-state index contributed by atoms with van der Waals surface area (Å²) in [6.45, 7) is 3.01. The normalized spacial score (nSPS) is 10.0. The minimum absolute atomic E-state index is 0.193. The Bertz CT molecular complexity index is 250. The summed E-state index contributed by atoms with van der Waals surface area (Å²) in [6, 6.07) is 0. The lowest BCUT2D eigenvalue weighted by molar-refractivity contribution is 0.358. The standard InChI is InChI=1S/C3H5N3O3S/c1-2-3-9-10(7,8)6-5-4/h2H,1,3H2. The molecule has 0 aromatic rings. The molecule has 0 bridgehead atoms. The van der Waals surface area contributed by atoms with Gasteiger partial charge in [-0.1, -0.05) is 6.08 Å². The highest BCUT2D eigenvalue weighted by Crippen LogP contribution is 1.93. The van der Waals surface area contributed by atoms with Gasteiger partial charge in [0.1, 0.15) is 0 Å². The van der Waals surface area contributed by atoms with Crippen LogP contribution in [0.15, 0.2) is 17.2 Å². The Balaban J connectivity index is 4.14. The first-order valence-corrected chi connectivity index (χ1v) is 3.55. The van der Waals surface area contributed by atoms with E-state index in [0.717, 1.165) is 0 Å². The van der Waals surface area contributed by atoms with Crippen LogP contribution in [0, 0.1) is 0 Å². The molecular weight excluding hydrogens is 158 g/mol. The number of azide groups is 1. The lowest BCUT2D eigenvalue weighted by atomic mass is 10.7. The van der Waals surface area contributed by atoms with Gasteiger partial charge in [-0.15, -0.1) is 6.58 Å². The molecule has 0 aliphatic rings. The van der Waals surface area contributed by atoms with Gasteiger partial charge in [-0.25, -0.2) is 0 Å². The molecule has 0 amide bonds. The Morgan fingerprint density at radius 2 is 2.40 bits per heavy atom. The van der Waals surface area contributed by atoms with Crippen molar-refractivity contribution in [2.75, 3.05) is 6.61 Å². The molecule has 56 valence electrons. The fraction of sp³-hybridized carbons (Fsp3) is 0.333. The molecule has 0 aromatic carbocycles. The highest BCUT2D eigenvalue weighted by molar-refractivity contribution is 7.85. The van der Waals surface area contributed by atoms with Crippen LogP contribution in [0.5, 0.6) is 0 Å². The summed E-state index contributed by atoms with van der Waals surface area (Å²) in [5, 5.41) is 0. The van der Waals surface area contributed by atoms with E-state index in [1.165, 1.54) is 6.08 Å². The van der Waals surface area contributed by atoms with E-state index in [1.807, 2.05) is 4.91 Å². The molecule has 0 aliphatic carbocycles. The van der Waals surface area contributed by atoms with Crippen LogP contribution in [-0.4, -0.2) is 15.0 Å². The van der Waals surface area contributed by atoms with E-state index in [0.29, 0.717) is 0 Å². The Kier molecular flexibility index (Phi) is 3.48. The maximum Gasteiger partial charge on any atom is 0.358 e. The lowest BCUT2D eigenvalue weighted by Gasteiger charge is -1.91. The van der Waals surface area contributed by atoms with Crippen LogP contribution in [0.4, 0.5) is 0 Å². The summed E-state index contributed by atoms with van der Waals surface area (Å²) >= 11 is 0. The van der Waals surface area contributed by atoms with Gasteiger partial charge >= 0.3 is 10.3 Å². The summed E-state index contributed by atoms with van der Waals surface area (Å²) in [7, 11) is -4.06. The van der Waals surface area contributed by atoms with Gasteiger partial charge in [0, 0.05) is 4.91 Å². The second-order valence-electron chi connectivity index (χ2n) is 1.17. The van der Waals surface area contributed by atoms with E-state index >= 15 is 0 Å². The van der Waals surface area contributed by atoms with Crippen LogP contribution in [0.3, 0.4) is 0 Å². The summed E-state index contributed by atoms with van der Waals surface area (Å²) in [4.78, 5) is 2.04. The SMILES string of the molecule is C=CCOS(=O)(=O)N=[N+]=[N-]. The summed E-state index contributed by atoms with van der Waals surface area (Å²) in [5.74, 6) is 0. The van der Waals surface area contributed by atoms with E-state index in [-0.39, 0.29) is 6.61 Å². The average molecular weight is 163 g/mol. The number of hydrogen-bond donors (Lipinski definition) is 0. The quantitative estimate of drug-likeness (QED) is 0.265. The van der Waals surface area contributed by atoms with Crippen molar-refractivity contribution in [2.24, 2.45) is 4.52 Å². The fourth-order valence-corrected chi connectivity index (χ4v) is 0.607. The van der Waals surface area contributed by atoms with Crippen LogP contribution < -0.4 is 0 Å². The summed E-state index contributed by atoms with van der Waals surface area (Å²) in [6.07, 6.45) is 1.23. The molecule has 0 unspecified atom stereocenters. The van der Waals surface area contributed by atoms with Crippen molar-refractivity contribution in [3.8, 4) is 0 Å². The second-order valence-corrected chi connectivity index (χ2v) is 2.43. The zero-order chi connectivity index (χ0) is 8.04. The molecule has 7 heteroatoms. The van der Waals surface area contributed by atoms with E-state index in [4.69, 9.17) is 5.53 Å². The van der Waals surface area contributed by atoms with Crippen molar-refractivity contribution >= 4 is 10.3 Å². The highest BCUT2D eigenvalue weighted by atomic mass is 32.2. The molecule has 0 aromatic heterocycles. The third kappa shape index (κ3) is 3.90. The predicted molar refractivity (Wildman–Crippen MR) is 34.2 cm³/mol. The molecule has 6 nitrogen and oxygen atoms in total. The third-order valence-corrected chi connectivity index (χ3v) is 1.18. The van der Waals surface area contributed by atoms with Crippen molar-refractivity contribution in [1.29, 1.82) is 0 Å². The van der Waals surface area contributed by atoms with Gasteiger partial charge in [-0.3, -0.25) is 4.18 Å². The summed E-state index contributed by atoms with van der Waals surface area (Å²) in [5.41, 5.74) is 7.67. The fourth-order valence-electron chi connectivity index (χ4n) is 0.202. The van der Waals surface area contributed by atoms with Gasteiger partial charge in [-0.05, 0) is 5.53 Å². The maximum atomic E-state index is 10.3. The van der Waals surface area contributed by atoms with E-state index in [1.54, 1.807) is 0 Å². The zero-order valence-electron chi connectivity index (χ0n) is 4.97. The monoisotopic (exact) mass is 163 g/mol. The molecule has 0 aliphatic heterocycles. The van der Waals surface area contributed by atoms with Crippen LogP contribution in [-0.2, 0) is 14.5 Å². The number of rotatable bonds is 4. The van der Waals surface area contributed by atoms with Crippen LogP contribution >= 0.6 is 0 Å². The van der Waals surface area contributed by atoms with Gasteiger partial charge in [0.2, 0.25) is 0 Å². The molecule has 0 atom stereocenters. The van der Waals surface area contributed by atoms with Crippen molar-refractivity contribution in [1.82, 2.24) is 0 Å². The predicted octanol–water partition coefficient (Wildman–Crippen LogP) is 0.744. The Hall–Kier alpha value is -1.04. The first kappa shape index (κ1) is 8.96. The molecule has 0 radical (unpaired) electrons. The van der Waals surface area contributed by atoms with Gasteiger partial charge in [0.25, 0.3) is 0 Å². The van der Waals surface area contributed by atoms with Crippen LogP contribution in [0.25, 0.3) is 10.4 Å². The maximum absolute atomic E-state index is 10.3. The molecule has 10 heavy (non-hydrogen) atoms. The smallest absolute Gasteiger partial charge is 0.260 e. The molecule has 0 saturated heterocycles. The average Bonchev–Trinajstić information content (AvgIpc) is 1.84. The van der Waals surface area contributed by atoms with Crippen molar-refractivity contribution in [3.05, 3.63) is 23.1 Å². The van der Waals surface area contributed by atoms with Crippen molar-refractivity contribution in [3.63, 3.8) is 0 Å². The van der Waals surface area contributed by atoms with Crippen LogP contribution in [0.1, 0.15) is 0 Å². The molecule has 0 fully saturated rings. The number of hydrogen-bond acceptors (Lipinski definition) is 3. The van der Waals surface area contributed by atoms with Gasteiger partial charge in [0.15, 0.2) is 0 Å². The molecule has 0 spiro atoms. The first-order valence-electron chi connectivity index (χ1n) is 2.19. The topological polar surface area (TPSA) is 92.1 Å². The highest BCUT2D eigenvalue weighted by Gasteiger charge is 2.04. The number of nitrogens with zero attached hydrogens (tertiary/aromatic N) is 3. The Morgan fingerprint density at radius 1 is 1.80 bits per heavy atom. The molecule has 0 N–H and O–H groups in total. The van der Waals surface area contributed by atoms with Crippen molar-refractivity contribution in [2.45, 2.75) is 0 Å². The van der Waals surface area contributed by atoms with Gasteiger partial charge in [0.05, 0.1) is 11.1 Å². The first-order chi connectivity index (χ1) is 4.62.